The van der Waals surface area contributed by atoms with Gasteiger partial charge in [-0.3, -0.25) is 0 Å². The van der Waals surface area contributed by atoms with Crippen LogP contribution in [0.5, 0.6) is 0 Å². The zero-order valence-corrected chi connectivity index (χ0v) is 11.1. The Kier molecular flexibility index (Phi) is 3.85. The van der Waals surface area contributed by atoms with Gasteiger partial charge in [0, 0.05) is 10.6 Å². The Morgan fingerprint density at radius 1 is 1.39 bits per heavy atom. The number of halogens is 2. The maximum absolute atomic E-state index is 13.3. The van der Waals surface area contributed by atoms with Gasteiger partial charge in [0.25, 0.3) is 0 Å². The van der Waals surface area contributed by atoms with Crippen LogP contribution in [0.1, 0.15) is 23.4 Å². The van der Waals surface area contributed by atoms with Crippen LogP contribution in [-0.2, 0) is 0 Å². The number of anilines is 1. The molecule has 5 heteroatoms. The lowest BCUT2D eigenvalue weighted by Crippen LogP contribution is -2.05. The number of nitrogens with zero attached hydrogens (tertiary/aromatic N) is 1. The van der Waals surface area contributed by atoms with Crippen LogP contribution in [-0.4, -0.2) is 0 Å². The molecule has 1 atom stereocenters. The van der Waals surface area contributed by atoms with Gasteiger partial charge in [-0.15, -0.1) is 11.3 Å². The van der Waals surface area contributed by atoms with E-state index in [-0.39, 0.29) is 6.04 Å². The van der Waals surface area contributed by atoms with Crippen LogP contribution < -0.4 is 5.32 Å². The average Bonchev–Trinajstić information content (AvgIpc) is 2.75. The Morgan fingerprint density at radius 3 is 2.78 bits per heavy atom. The minimum Gasteiger partial charge on any atom is -0.378 e. The van der Waals surface area contributed by atoms with Gasteiger partial charge in [0.2, 0.25) is 0 Å². The van der Waals surface area contributed by atoms with Crippen molar-refractivity contribution >= 4 is 28.6 Å². The summed E-state index contributed by atoms with van der Waals surface area (Å²) in [5, 5.41) is 11.9. The summed E-state index contributed by atoms with van der Waals surface area (Å²) in [5.41, 5.74) is 0.887. The molecule has 0 fully saturated rings. The summed E-state index contributed by atoms with van der Waals surface area (Å²) < 4.78 is 14.0. The molecule has 2 nitrogen and oxygen atoms in total. The van der Waals surface area contributed by atoms with E-state index >= 15 is 0 Å². The third-order valence-corrected chi connectivity index (χ3v) is 3.84. The van der Waals surface area contributed by atoms with Crippen LogP contribution in [0, 0.1) is 17.1 Å². The molecule has 2 aromatic rings. The molecule has 0 aliphatic carbocycles. The molecule has 1 N–H and O–H groups in total. The Hall–Kier alpha value is -1.57. The summed E-state index contributed by atoms with van der Waals surface area (Å²) >= 11 is 7.34. The molecule has 1 heterocycles. The summed E-state index contributed by atoms with van der Waals surface area (Å²) in [6.45, 7) is 1.96. The molecule has 1 aromatic heterocycles. The molecule has 1 unspecified atom stereocenters. The van der Waals surface area contributed by atoms with Crippen molar-refractivity contribution in [3.05, 3.63) is 50.9 Å². The number of thiophene rings is 1. The van der Waals surface area contributed by atoms with E-state index in [2.05, 4.69) is 5.32 Å². The number of nitriles is 1. The van der Waals surface area contributed by atoms with Gasteiger partial charge in [0.1, 0.15) is 5.82 Å². The molecule has 1 aromatic carbocycles. The first kappa shape index (κ1) is 12.9. The molecule has 2 rings (SSSR count). The van der Waals surface area contributed by atoms with Crippen LogP contribution in [0.4, 0.5) is 10.1 Å². The monoisotopic (exact) mass is 280 g/mol. The lowest BCUT2D eigenvalue weighted by atomic mass is 10.2. The van der Waals surface area contributed by atoms with E-state index in [4.69, 9.17) is 16.9 Å². The number of benzene rings is 1. The molecule has 92 valence electrons. The maximum Gasteiger partial charge on any atom is 0.126 e. The molecule has 0 aliphatic heterocycles. The molecule has 0 spiro atoms. The first-order valence-corrected chi connectivity index (χ1v) is 6.50. The average molecular weight is 281 g/mol. The molecule has 0 bridgehead atoms. The first-order chi connectivity index (χ1) is 8.58. The third-order valence-electron chi connectivity index (χ3n) is 2.43. The number of nitrogens with one attached hydrogen (secondary N) is 1. The molecule has 0 saturated carbocycles. The molecule has 0 aliphatic rings. The lowest BCUT2D eigenvalue weighted by Gasteiger charge is -2.13. The van der Waals surface area contributed by atoms with E-state index in [1.54, 1.807) is 6.07 Å². The molecular formula is C13H10ClFN2S. The highest BCUT2D eigenvalue weighted by Gasteiger charge is 2.09. The maximum atomic E-state index is 13.3. The Morgan fingerprint density at radius 2 is 2.17 bits per heavy atom. The van der Waals surface area contributed by atoms with Crippen molar-refractivity contribution in [2.45, 2.75) is 13.0 Å². The first-order valence-electron chi connectivity index (χ1n) is 5.31. The van der Waals surface area contributed by atoms with E-state index in [9.17, 15) is 4.39 Å². The Labute approximate surface area is 114 Å². The van der Waals surface area contributed by atoms with Gasteiger partial charge in [0.15, 0.2) is 0 Å². The fourth-order valence-electron chi connectivity index (χ4n) is 1.62. The van der Waals surface area contributed by atoms with E-state index in [1.807, 2.05) is 25.1 Å². The smallest absolute Gasteiger partial charge is 0.126 e. The second-order valence-corrected chi connectivity index (χ2v) is 5.59. The van der Waals surface area contributed by atoms with Crippen molar-refractivity contribution in [3.8, 4) is 6.07 Å². The fourth-order valence-corrected chi connectivity index (χ4v) is 2.68. The Bertz CT molecular complexity index is 603. The number of hydrogen-bond acceptors (Lipinski definition) is 3. The summed E-state index contributed by atoms with van der Waals surface area (Å²) in [6.07, 6.45) is 0. The highest BCUT2D eigenvalue weighted by atomic mass is 35.5. The minimum absolute atomic E-state index is 0.0100. The molecule has 0 radical (unpaired) electrons. The van der Waals surface area contributed by atoms with Crippen molar-refractivity contribution in [1.82, 2.24) is 0 Å². The quantitative estimate of drug-likeness (QED) is 0.893. The van der Waals surface area contributed by atoms with Gasteiger partial charge in [-0.25, -0.2) is 4.39 Å². The van der Waals surface area contributed by atoms with Gasteiger partial charge in [-0.2, -0.15) is 5.26 Å². The minimum atomic E-state index is -0.423. The summed E-state index contributed by atoms with van der Waals surface area (Å²) in [4.78, 5) is 1.06. The van der Waals surface area contributed by atoms with E-state index in [1.165, 1.54) is 23.5 Å². The molecule has 0 amide bonds. The van der Waals surface area contributed by atoms with Gasteiger partial charge >= 0.3 is 0 Å². The lowest BCUT2D eigenvalue weighted by molar-refractivity contribution is 0.627. The predicted molar refractivity (Wildman–Crippen MR) is 72.5 cm³/mol. The second kappa shape index (κ2) is 5.38. The summed E-state index contributed by atoms with van der Waals surface area (Å²) in [6, 6.07) is 9.88. The van der Waals surface area contributed by atoms with Crippen molar-refractivity contribution in [2.75, 3.05) is 5.32 Å². The standard InChI is InChI=1S/C13H10ClFN2S/c1-8(12-2-3-13(14)18-12)17-11-5-9(7-16)4-10(15)6-11/h2-6,8,17H,1H3. The SMILES string of the molecule is CC(Nc1cc(F)cc(C#N)c1)c1ccc(Cl)s1. The van der Waals surface area contributed by atoms with E-state index in [0.717, 1.165) is 9.21 Å². The Balaban J connectivity index is 2.19. The number of rotatable bonds is 3. The van der Waals surface area contributed by atoms with Crippen molar-refractivity contribution in [2.24, 2.45) is 0 Å². The van der Waals surface area contributed by atoms with Crippen LogP contribution in [0.2, 0.25) is 4.34 Å². The highest BCUT2D eigenvalue weighted by molar-refractivity contribution is 7.16. The van der Waals surface area contributed by atoms with Crippen molar-refractivity contribution in [1.29, 1.82) is 5.26 Å². The zero-order chi connectivity index (χ0) is 13.1. The normalized spacial score (nSPS) is 11.9. The molecule has 18 heavy (non-hydrogen) atoms. The van der Waals surface area contributed by atoms with Crippen molar-refractivity contribution in [3.63, 3.8) is 0 Å². The highest BCUT2D eigenvalue weighted by Crippen LogP contribution is 2.29. The van der Waals surface area contributed by atoms with Gasteiger partial charge in [-0.05, 0) is 37.3 Å². The largest absolute Gasteiger partial charge is 0.378 e. The predicted octanol–water partition coefficient (Wildman–Crippen LogP) is 4.59. The fraction of sp³-hybridized carbons (Fsp3) is 0.154. The number of hydrogen-bond donors (Lipinski definition) is 1. The van der Waals surface area contributed by atoms with E-state index in [0.29, 0.717) is 11.3 Å². The van der Waals surface area contributed by atoms with Gasteiger partial charge < -0.3 is 5.32 Å². The van der Waals surface area contributed by atoms with Crippen LogP contribution in [0.3, 0.4) is 0 Å². The van der Waals surface area contributed by atoms with Gasteiger partial charge in [-0.1, -0.05) is 11.6 Å². The topological polar surface area (TPSA) is 35.8 Å². The van der Waals surface area contributed by atoms with Crippen molar-refractivity contribution < 1.29 is 4.39 Å². The second-order valence-electron chi connectivity index (χ2n) is 3.85. The van der Waals surface area contributed by atoms with Crippen LogP contribution >= 0.6 is 22.9 Å². The summed E-state index contributed by atoms with van der Waals surface area (Å²) in [7, 11) is 0. The molecule has 0 saturated heterocycles. The van der Waals surface area contributed by atoms with Crippen LogP contribution in [0.15, 0.2) is 30.3 Å². The van der Waals surface area contributed by atoms with Gasteiger partial charge in [0.05, 0.1) is 22.0 Å². The van der Waals surface area contributed by atoms with E-state index < -0.39 is 5.82 Å². The molecular weight excluding hydrogens is 271 g/mol. The third kappa shape index (κ3) is 3.00. The summed E-state index contributed by atoms with van der Waals surface area (Å²) in [5.74, 6) is -0.423. The van der Waals surface area contributed by atoms with Crippen LogP contribution in [0.25, 0.3) is 0 Å². The zero-order valence-electron chi connectivity index (χ0n) is 9.58.